The third-order valence-electron chi connectivity index (χ3n) is 4.29. The van der Waals surface area contributed by atoms with Crippen LogP contribution in [0, 0.1) is 18.3 Å². The van der Waals surface area contributed by atoms with E-state index in [-0.39, 0.29) is 12.1 Å². The van der Waals surface area contributed by atoms with Crippen molar-refractivity contribution in [3.05, 3.63) is 42.0 Å². The summed E-state index contributed by atoms with van der Waals surface area (Å²) in [5.41, 5.74) is 1.33. The monoisotopic (exact) mass is 324 g/mol. The van der Waals surface area contributed by atoms with Crippen LogP contribution in [0.3, 0.4) is 0 Å². The van der Waals surface area contributed by atoms with Crippen LogP contribution >= 0.6 is 0 Å². The summed E-state index contributed by atoms with van der Waals surface area (Å²) in [7, 11) is 1.74. The fourth-order valence-electron chi connectivity index (χ4n) is 2.93. The second kappa shape index (κ2) is 7.23. The number of anilines is 2. The highest BCUT2D eigenvalue weighted by molar-refractivity contribution is 5.45. The minimum absolute atomic E-state index is 0.174. The molecule has 0 aliphatic carbocycles. The quantitative estimate of drug-likeness (QED) is 0.896. The van der Waals surface area contributed by atoms with E-state index < -0.39 is 0 Å². The fourth-order valence-corrected chi connectivity index (χ4v) is 2.93. The molecule has 2 aromatic rings. The van der Waals surface area contributed by atoms with Crippen molar-refractivity contribution in [1.29, 1.82) is 5.26 Å². The SMILES string of the molecule is CO[C@@H]1C[C@H](CNc2ccc(C)c(C#N)n2)N(c2ccncn2)C1. The lowest BCUT2D eigenvalue weighted by molar-refractivity contribution is 0.118. The average Bonchev–Trinajstić information content (AvgIpc) is 3.05. The van der Waals surface area contributed by atoms with Gasteiger partial charge in [-0.15, -0.1) is 0 Å². The number of nitrogens with one attached hydrogen (secondary N) is 1. The number of hydrogen-bond donors (Lipinski definition) is 1. The second-order valence-electron chi connectivity index (χ2n) is 5.82. The van der Waals surface area contributed by atoms with Gasteiger partial charge in [0, 0.05) is 26.4 Å². The van der Waals surface area contributed by atoms with E-state index in [9.17, 15) is 0 Å². The Balaban J connectivity index is 1.72. The molecule has 1 fully saturated rings. The van der Waals surface area contributed by atoms with Crippen LogP contribution in [0.4, 0.5) is 11.6 Å². The molecule has 3 heterocycles. The molecule has 7 nitrogen and oxygen atoms in total. The largest absolute Gasteiger partial charge is 0.380 e. The molecule has 0 spiro atoms. The standard InChI is InChI=1S/C17H20N6O/c1-12-3-4-16(22-15(12)8-18)20-9-13-7-14(24-2)10-23(13)17-5-6-19-11-21-17/h3-6,11,13-14H,7,9-10H2,1-2H3,(H,20,22)/t13-,14-/m1/s1. The molecule has 0 saturated carbocycles. The van der Waals surface area contributed by atoms with Crippen molar-refractivity contribution in [3.63, 3.8) is 0 Å². The van der Waals surface area contributed by atoms with Gasteiger partial charge in [-0.3, -0.25) is 0 Å². The van der Waals surface area contributed by atoms with Gasteiger partial charge in [-0.1, -0.05) is 6.07 Å². The van der Waals surface area contributed by atoms with Gasteiger partial charge in [-0.25, -0.2) is 15.0 Å². The Morgan fingerprint density at radius 1 is 1.42 bits per heavy atom. The Bertz CT molecular complexity index is 730. The van der Waals surface area contributed by atoms with Crippen molar-refractivity contribution in [1.82, 2.24) is 15.0 Å². The van der Waals surface area contributed by atoms with E-state index in [1.165, 1.54) is 0 Å². The van der Waals surface area contributed by atoms with E-state index in [0.717, 1.165) is 24.3 Å². The summed E-state index contributed by atoms with van der Waals surface area (Å²) in [6.45, 7) is 3.38. The second-order valence-corrected chi connectivity index (χ2v) is 5.82. The third kappa shape index (κ3) is 3.44. The van der Waals surface area contributed by atoms with Crippen molar-refractivity contribution in [2.24, 2.45) is 0 Å². The van der Waals surface area contributed by atoms with Crippen molar-refractivity contribution in [3.8, 4) is 6.07 Å². The van der Waals surface area contributed by atoms with Gasteiger partial charge in [0.05, 0.1) is 12.1 Å². The summed E-state index contributed by atoms with van der Waals surface area (Å²) in [4.78, 5) is 14.9. The summed E-state index contributed by atoms with van der Waals surface area (Å²) in [5, 5.41) is 12.4. The van der Waals surface area contributed by atoms with Crippen molar-refractivity contribution < 1.29 is 4.74 Å². The summed E-state index contributed by atoms with van der Waals surface area (Å²) < 4.78 is 5.53. The predicted octanol–water partition coefficient (Wildman–Crippen LogP) is 1.76. The zero-order valence-electron chi connectivity index (χ0n) is 13.8. The number of methoxy groups -OCH3 is 1. The van der Waals surface area contributed by atoms with Crippen LogP contribution in [0.1, 0.15) is 17.7 Å². The van der Waals surface area contributed by atoms with Crippen LogP contribution in [-0.4, -0.2) is 47.3 Å². The van der Waals surface area contributed by atoms with E-state index in [2.05, 4.69) is 31.2 Å². The number of hydrogen-bond acceptors (Lipinski definition) is 7. The van der Waals surface area contributed by atoms with Gasteiger partial charge in [0.2, 0.25) is 0 Å². The summed E-state index contributed by atoms with van der Waals surface area (Å²) in [5.74, 6) is 1.60. The Morgan fingerprint density at radius 2 is 2.29 bits per heavy atom. The molecule has 7 heteroatoms. The maximum Gasteiger partial charge on any atom is 0.145 e. The van der Waals surface area contributed by atoms with Crippen LogP contribution in [0.2, 0.25) is 0 Å². The fraction of sp³-hybridized carbons (Fsp3) is 0.412. The lowest BCUT2D eigenvalue weighted by atomic mass is 10.2. The molecule has 1 N–H and O–H groups in total. The topological polar surface area (TPSA) is 87.0 Å². The first kappa shape index (κ1) is 16.1. The van der Waals surface area contributed by atoms with Crippen LogP contribution in [0.25, 0.3) is 0 Å². The molecule has 0 bridgehead atoms. The number of nitrogens with zero attached hydrogens (tertiary/aromatic N) is 5. The maximum atomic E-state index is 9.10. The van der Waals surface area contributed by atoms with Gasteiger partial charge in [-0.2, -0.15) is 5.26 Å². The molecule has 0 radical (unpaired) electrons. The molecule has 124 valence electrons. The van der Waals surface area contributed by atoms with Crippen LogP contribution in [0.5, 0.6) is 0 Å². The normalized spacial score (nSPS) is 20.0. The van der Waals surface area contributed by atoms with E-state index >= 15 is 0 Å². The minimum atomic E-state index is 0.174. The number of aromatic nitrogens is 3. The van der Waals surface area contributed by atoms with Crippen molar-refractivity contribution in [2.45, 2.75) is 25.5 Å². The van der Waals surface area contributed by atoms with Gasteiger partial charge in [0.25, 0.3) is 0 Å². The smallest absolute Gasteiger partial charge is 0.145 e. The number of pyridine rings is 1. The van der Waals surface area contributed by atoms with Crippen LogP contribution in [-0.2, 0) is 4.74 Å². The van der Waals surface area contributed by atoms with Gasteiger partial charge >= 0.3 is 0 Å². The Kier molecular flexibility index (Phi) is 4.87. The molecular weight excluding hydrogens is 304 g/mol. The molecule has 0 aromatic carbocycles. The highest BCUT2D eigenvalue weighted by Gasteiger charge is 2.32. The highest BCUT2D eigenvalue weighted by Crippen LogP contribution is 2.25. The average molecular weight is 324 g/mol. The maximum absolute atomic E-state index is 9.10. The van der Waals surface area contributed by atoms with Gasteiger partial charge in [-0.05, 0) is 31.0 Å². The first-order valence-electron chi connectivity index (χ1n) is 7.88. The van der Waals surface area contributed by atoms with E-state index in [4.69, 9.17) is 10.00 Å². The summed E-state index contributed by atoms with van der Waals surface area (Å²) >= 11 is 0. The summed E-state index contributed by atoms with van der Waals surface area (Å²) in [6.07, 6.45) is 4.38. The van der Waals surface area contributed by atoms with Gasteiger partial charge in [0.15, 0.2) is 0 Å². The lowest BCUT2D eigenvalue weighted by Gasteiger charge is -2.25. The van der Waals surface area contributed by atoms with E-state index in [1.807, 2.05) is 25.1 Å². The van der Waals surface area contributed by atoms with Gasteiger partial charge < -0.3 is 15.0 Å². The van der Waals surface area contributed by atoms with Crippen LogP contribution in [0.15, 0.2) is 30.7 Å². The minimum Gasteiger partial charge on any atom is -0.380 e. The number of nitriles is 1. The number of ether oxygens (including phenoxy) is 1. The Hall–Kier alpha value is -2.72. The molecule has 3 rings (SSSR count). The molecule has 0 amide bonds. The lowest BCUT2D eigenvalue weighted by Crippen LogP contribution is -2.35. The molecule has 0 unspecified atom stereocenters. The van der Waals surface area contributed by atoms with Crippen LogP contribution < -0.4 is 10.2 Å². The molecular formula is C17H20N6O. The molecule has 1 aliphatic rings. The molecule has 2 atom stereocenters. The molecule has 24 heavy (non-hydrogen) atoms. The van der Waals surface area contributed by atoms with Gasteiger partial charge in [0.1, 0.15) is 29.7 Å². The zero-order valence-corrected chi connectivity index (χ0v) is 13.8. The highest BCUT2D eigenvalue weighted by atomic mass is 16.5. The van der Waals surface area contributed by atoms with Crippen molar-refractivity contribution >= 4 is 11.6 Å². The first-order chi connectivity index (χ1) is 11.7. The number of aryl methyl sites for hydroxylation is 1. The molecule has 1 aliphatic heterocycles. The predicted molar refractivity (Wildman–Crippen MR) is 90.8 cm³/mol. The van der Waals surface area contributed by atoms with E-state index in [1.54, 1.807) is 19.6 Å². The summed E-state index contributed by atoms with van der Waals surface area (Å²) in [6, 6.07) is 8.06. The van der Waals surface area contributed by atoms with Crippen molar-refractivity contribution in [2.75, 3.05) is 30.4 Å². The Labute approximate surface area is 141 Å². The Morgan fingerprint density at radius 3 is 3.00 bits per heavy atom. The first-order valence-corrected chi connectivity index (χ1v) is 7.88. The molecule has 2 aromatic heterocycles. The molecule has 1 saturated heterocycles. The zero-order chi connectivity index (χ0) is 16.9. The third-order valence-corrected chi connectivity index (χ3v) is 4.29. The van der Waals surface area contributed by atoms with E-state index in [0.29, 0.717) is 18.1 Å². The number of rotatable bonds is 5.